The number of aryl methyl sites for hydroxylation is 1. The van der Waals surface area contributed by atoms with Crippen LogP contribution in [-0.2, 0) is 6.42 Å². The molecule has 15 heavy (non-hydrogen) atoms. The minimum Gasteiger partial charge on any atom is -0.497 e. The number of nitrogens with one attached hydrogen (secondary N) is 1. The van der Waals surface area contributed by atoms with Crippen molar-refractivity contribution in [2.75, 3.05) is 19.5 Å². The smallest absolute Gasteiger partial charge is 0.162 e. The molecule has 0 radical (unpaired) electrons. The van der Waals surface area contributed by atoms with Gasteiger partial charge in [-0.1, -0.05) is 6.92 Å². The number of carbonyl (C=O) groups is 1. The van der Waals surface area contributed by atoms with E-state index in [0.29, 0.717) is 0 Å². The van der Waals surface area contributed by atoms with Crippen LogP contribution in [0.5, 0.6) is 5.75 Å². The zero-order valence-corrected chi connectivity index (χ0v) is 9.68. The van der Waals surface area contributed by atoms with E-state index in [-0.39, 0.29) is 5.78 Å². The van der Waals surface area contributed by atoms with Crippen molar-refractivity contribution in [1.29, 1.82) is 0 Å². The second kappa shape index (κ2) is 4.82. The van der Waals surface area contributed by atoms with Crippen molar-refractivity contribution in [1.82, 2.24) is 0 Å². The normalized spacial score (nSPS) is 9.87. The van der Waals surface area contributed by atoms with Gasteiger partial charge in [0, 0.05) is 24.4 Å². The molecule has 1 aromatic rings. The molecular weight excluding hydrogens is 190 g/mol. The molecule has 1 rings (SSSR count). The highest BCUT2D eigenvalue weighted by molar-refractivity contribution is 6.01. The molecule has 0 saturated carbocycles. The molecule has 82 valence electrons. The quantitative estimate of drug-likeness (QED) is 0.771. The molecule has 0 aliphatic carbocycles. The zero-order chi connectivity index (χ0) is 11.4. The molecule has 0 heterocycles. The molecule has 0 aliphatic heterocycles. The molecule has 3 heteroatoms. The summed E-state index contributed by atoms with van der Waals surface area (Å²) in [5, 5.41) is 3.03. The van der Waals surface area contributed by atoms with Crippen LogP contribution in [-0.4, -0.2) is 19.9 Å². The fourth-order valence-electron chi connectivity index (χ4n) is 1.68. The summed E-state index contributed by atoms with van der Waals surface area (Å²) in [5.41, 5.74) is 2.62. The van der Waals surface area contributed by atoms with Crippen LogP contribution in [0.2, 0.25) is 0 Å². The number of Topliss-reactive ketones (excluding diaryl/α,β-unsaturated/α-hetero) is 1. The van der Waals surface area contributed by atoms with Crippen molar-refractivity contribution >= 4 is 11.5 Å². The highest BCUT2D eigenvalue weighted by Crippen LogP contribution is 2.27. The third-order valence-corrected chi connectivity index (χ3v) is 2.43. The Hall–Kier alpha value is -1.51. The van der Waals surface area contributed by atoms with Gasteiger partial charge < -0.3 is 10.1 Å². The number of hydrogen-bond acceptors (Lipinski definition) is 3. The lowest BCUT2D eigenvalue weighted by molar-refractivity contribution is 0.101. The lowest BCUT2D eigenvalue weighted by Crippen LogP contribution is -2.05. The van der Waals surface area contributed by atoms with Crippen molar-refractivity contribution in [2.45, 2.75) is 20.3 Å². The zero-order valence-electron chi connectivity index (χ0n) is 9.68. The lowest BCUT2D eigenvalue weighted by atomic mass is 9.99. The number of carbonyl (C=O) groups excluding carboxylic acids is 1. The van der Waals surface area contributed by atoms with E-state index >= 15 is 0 Å². The highest BCUT2D eigenvalue weighted by atomic mass is 16.5. The summed E-state index contributed by atoms with van der Waals surface area (Å²) in [5.74, 6) is 0.861. The van der Waals surface area contributed by atoms with Crippen LogP contribution in [0.4, 0.5) is 5.69 Å². The fraction of sp³-hybridized carbons (Fsp3) is 0.417. The minimum atomic E-state index is 0.0823. The van der Waals surface area contributed by atoms with E-state index in [2.05, 4.69) is 5.32 Å². The van der Waals surface area contributed by atoms with E-state index in [9.17, 15) is 4.79 Å². The van der Waals surface area contributed by atoms with Gasteiger partial charge in [0.15, 0.2) is 5.78 Å². The molecule has 3 nitrogen and oxygen atoms in total. The van der Waals surface area contributed by atoms with Gasteiger partial charge in [0.25, 0.3) is 0 Å². The summed E-state index contributed by atoms with van der Waals surface area (Å²) < 4.78 is 5.18. The Morgan fingerprint density at radius 3 is 2.53 bits per heavy atom. The number of ether oxygens (including phenoxy) is 1. The maximum atomic E-state index is 11.5. The first kappa shape index (κ1) is 11.6. The summed E-state index contributed by atoms with van der Waals surface area (Å²) in [6.45, 7) is 3.61. The van der Waals surface area contributed by atoms with E-state index < -0.39 is 0 Å². The largest absolute Gasteiger partial charge is 0.497 e. The Kier molecular flexibility index (Phi) is 3.72. The first-order valence-corrected chi connectivity index (χ1v) is 5.03. The third-order valence-electron chi connectivity index (χ3n) is 2.43. The van der Waals surface area contributed by atoms with Crippen LogP contribution in [0.25, 0.3) is 0 Å². The molecule has 0 unspecified atom stereocenters. The van der Waals surface area contributed by atoms with E-state index in [1.165, 1.54) is 0 Å². The Morgan fingerprint density at radius 2 is 2.13 bits per heavy atom. The van der Waals surface area contributed by atoms with E-state index in [4.69, 9.17) is 4.74 Å². The maximum absolute atomic E-state index is 11.5. The number of hydrogen-bond donors (Lipinski definition) is 1. The van der Waals surface area contributed by atoms with Crippen molar-refractivity contribution in [2.24, 2.45) is 0 Å². The Morgan fingerprint density at radius 1 is 1.47 bits per heavy atom. The van der Waals surface area contributed by atoms with Crippen molar-refractivity contribution < 1.29 is 9.53 Å². The van der Waals surface area contributed by atoms with Crippen molar-refractivity contribution in [3.8, 4) is 5.75 Å². The standard InChI is InChI=1S/C12H17NO2/c1-5-9-6-10(15-4)7-11(13-3)12(9)8(2)14/h6-7,13H,5H2,1-4H3. The predicted molar refractivity (Wildman–Crippen MR) is 61.9 cm³/mol. The van der Waals surface area contributed by atoms with Gasteiger partial charge in [-0.05, 0) is 25.0 Å². The van der Waals surface area contributed by atoms with Gasteiger partial charge >= 0.3 is 0 Å². The Balaban J connectivity index is 3.39. The average molecular weight is 207 g/mol. The summed E-state index contributed by atoms with van der Waals surface area (Å²) in [4.78, 5) is 11.5. The van der Waals surface area contributed by atoms with Crippen LogP contribution in [0, 0.1) is 0 Å². The third kappa shape index (κ3) is 2.29. The Labute approximate surface area is 90.4 Å². The van der Waals surface area contributed by atoms with Gasteiger partial charge in [0.05, 0.1) is 7.11 Å². The van der Waals surface area contributed by atoms with E-state index in [0.717, 1.165) is 29.0 Å². The van der Waals surface area contributed by atoms with Crippen LogP contribution >= 0.6 is 0 Å². The van der Waals surface area contributed by atoms with E-state index in [1.807, 2.05) is 19.1 Å². The molecule has 0 aliphatic rings. The number of methoxy groups -OCH3 is 1. The molecule has 0 saturated heterocycles. The second-order valence-corrected chi connectivity index (χ2v) is 3.37. The highest BCUT2D eigenvalue weighted by Gasteiger charge is 2.13. The molecule has 0 aromatic heterocycles. The number of anilines is 1. The van der Waals surface area contributed by atoms with Crippen LogP contribution in [0.1, 0.15) is 29.8 Å². The number of benzene rings is 1. The molecule has 0 amide bonds. The van der Waals surface area contributed by atoms with Gasteiger partial charge in [-0.2, -0.15) is 0 Å². The van der Waals surface area contributed by atoms with Crippen LogP contribution in [0.15, 0.2) is 12.1 Å². The number of ketones is 1. The molecule has 0 bridgehead atoms. The average Bonchev–Trinajstić information content (AvgIpc) is 2.26. The molecule has 1 N–H and O–H groups in total. The SMILES string of the molecule is CCc1cc(OC)cc(NC)c1C(C)=O. The second-order valence-electron chi connectivity index (χ2n) is 3.37. The Bertz CT molecular complexity index is 347. The molecular formula is C12H17NO2. The van der Waals surface area contributed by atoms with Crippen LogP contribution < -0.4 is 10.1 Å². The fourth-order valence-corrected chi connectivity index (χ4v) is 1.68. The van der Waals surface area contributed by atoms with Gasteiger partial charge in [-0.3, -0.25) is 4.79 Å². The predicted octanol–water partition coefficient (Wildman–Crippen LogP) is 2.50. The first-order chi connectivity index (χ1) is 7.13. The first-order valence-electron chi connectivity index (χ1n) is 5.03. The molecule has 0 atom stereocenters. The van der Waals surface area contributed by atoms with Gasteiger partial charge in [0.2, 0.25) is 0 Å². The minimum absolute atomic E-state index is 0.0823. The molecule has 0 fully saturated rings. The maximum Gasteiger partial charge on any atom is 0.162 e. The van der Waals surface area contributed by atoms with E-state index in [1.54, 1.807) is 21.1 Å². The van der Waals surface area contributed by atoms with Crippen molar-refractivity contribution in [3.05, 3.63) is 23.3 Å². The molecule has 1 aromatic carbocycles. The summed E-state index contributed by atoms with van der Waals surface area (Å²) >= 11 is 0. The lowest BCUT2D eigenvalue weighted by Gasteiger charge is -2.13. The van der Waals surface area contributed by atoms with Gasteiger partial charge in [-0.25, -0.2) is 0 Å². The van der Waals surface area contributed by atoms with Crippen molar-refractivity contribution in [3.63, 3.8) is 0 Å². The topological polar surface area (TPSA) is 38.3 Å². The van der Waals surface area contributed by atoms with Gasteiger partial charge in [-0.15, -0.1) is 0 Å². The van der Waals surface area contributed by atoms with Crippen LogP contribution in [0.3, 0.4) is 0 Å². The summed E-state index contributed by atoms with van der Waals surface area (Å²) in [7, 11) is 3.43. The monoisotopic (exact) mass is 207 g/mol. The molecule has 0 spiro atoms. The van der Waals surface area contributed by atoms with Gasteiger partial charge in [0.1, 0.15) is 5.75 Å². The summed E-state index contributed by atoms with van der Waals surface area (Å²) in [6, 6.07) is 3.76. The summed E-state index contributed by atoms with van der Waals surface area (Å²) in [6.07, 6.45) is 0.820. The number of rotatable bonds is 4.